The summed E-state index contributed by atoms with van der Waals surface area (Å²) in [6, 6.07) is 0. The van der Waals surface area contributed by atoms with Crippen LogP contribution in [0.3, 0.4) is 0 Å². The van der Waals surface area contributed by atoms with E-state index in [1.807, 2.05) is 0 Å². The van der Waals surface area contributed by atoms with Crippen LogP contribution in [0.25, 0.3) is 0 Å². The van der Waals surface area contributed by atoms with Gasteiger partial charge < -0.3 is 29.7 Å². The summed E-state index contributed by atoms with van der Waals surface area (Å²) in [5, 5.41) is 23.7. The Kier molecular flexibility index (Phi) is 19.4. The molecule has 0 radical (unpaired) electrons. The zero-order valence-corrected chi connectivity index (χ0v) is 15.1. The van der Waals surface area contributed by atoms with Crippen LogP contribution >= 0.6 is 0 Å². The Morgan fingerprint density at radius 3 is 0.769 bits per heavy atom. The van der Waals surface area contributed by atoms with Crippen LogP contribution in [0.15, 0.2) is 36.5 Å². The maximum absolute atomic E-state index is 9.83. The molecule has 0 aliphatic heterocycles. The molecule has 26 heavy (non-hydrogen) atoms. The first-order chi connectivity index (χ1) is 11.6. The predicted molar refractivity (Wildman–Crippen MR) is 93.6 cm³/mol. The fraction of sp³-hybridized carbons (Fsp3) is 0.294. The van der Waals surface area contributed by atoms with Gasteiger partial charge in [-0.05, 0) is 27.7 Å². The Labute approximate surface area is 151 Å². The van der Waals surface area contributed by atoms with Gasteiger partial charge in [-0.3, -0.25) is 0 Å². The fourth-order valence-corrected chi connectivity index (χ4v) is 0.0833. The molecular weight excluding hydrogens is 348 g/mol. The smallest absolute Gasteiger partial charge is 0.330 e. The van der Waals surface area contributed by atoms with Gasteiger partial charge in [-0.25, -0.2) is 14.4 Å². The standard InChI is InChI=1S/C5H6O3.3C4H6O2/c1-5(2-6,3-7)4-8;3*1-3(2)4(5)6/h2-4H,1H3;3*1H2,2H3,(H,5,6). The minimum atomic E-state index is -1.42. The average molecular weight is 372 g/mol. The second kappa shape index (κ2) is 16.5. The van der Waals surface area contributed by atoms with Gasteiger partial charge in [0.2, 0.25) is 0 Å². The van der Waals surface area contributed by atoms with Gasteiger partial charge in [-0.15, -0.1) is 0 Å². The fourth-order valence-electron chi connectivity index (χ4n) is 0.0833. The number of aliphatic carboxylic acids is 3. The van der Waals surface area contributed by atoms with Crippen LogP contribution in [0.2, 0.25) is 0 Å². The molecular formula is C17H24O9. The van der Waals surface area contributed by atoms with Crippen LogP contribution < -0.4 is 0 Å². The lowest BCUT2D eigenvalue weighted by atomic mass is 9.98. The van der Waals surface area contributed by atoms with Crippen molar-refractivity contribution in [3.63, 3.8) is 0 Å². The molecule has 0 aromatic heterocycles. The molecule has 9 nitrogen and oxygen atoms in total. The highest BCUT2D eigenvalue weighted by molar-refractivity contribution is 6.01. The van der Waals surface area contributed by atoms with Crippen LogP contribution in [0, 0.1) is 5.41 Å². The maximum atomic E-state index is 9.83. The van der Waals surface area contributed by atoms with E-state index in [0.717, 1.165) is 0 Å². The maximum Gasteiger partial charge on any atom is 0.330 e. The third kappa shape index (κ3) is 25.6. The quantitative estimate of drug-likeness (QED) is 0.356. The Bertz CT molecular complexity index is 456. The minimum absolute atomic E-state index is 0.176. The largest absolute Gasteiger partial charge is 0.478 e. The van der Waals surface area contributed by atoms with Crippen molar-refractivity contribution in [1.82, 2.24) is 0 Å². The van der Waals surface area contributed by atoms with Crippen molar-refractivity contribution < 1.29 is 44.1 Å². The molecule has 0 bridgehead atoms. The Morgan fingerprint density at radius 1 is 0.654 bits per heavy atom. The van der Waals surface area contributed by atoms with Crippen molar-refractivity contribution >= 4 is 36.8 Å². The number of carbonyl (C=O) groups is 6. The first-order valence-electron chi connectivity index (χ1n) is 6.67. The van der Waals surface area contributed by atoms with E-state index >= 15 is 0 Å². The first kappa shape index (κ1) is 30.5. The first-order valence-corrected chi connectivity index (χ1v) is 6.67. The highest BCUT2D eigenvalue weighted by atomic mass is 16.4. The molecule has 0 atom stereocenters. The number of aldehydes is 3. The van der Waals surface area contributed by atoms with Crippen molar-refractivity contribution in [1.29, 1.82) is 0 Å². The predicted octanol–water partition coefficient (Wildman–Crippen LogP) is 1.53. The van der Waals surface area contributed by atoms with E-state index in [4.69, 9.17) is 15.3 Å². The highest BCUT2D eigenvalue weighted by Crippen LogP contribution is 2.01. The van der Waals surface area contributed by atoms with Gasteiger partial charge in [-0.2, -0.15) is 0 Å². The molecule has 0 spiro atoms. The van der Waals surface area contributed by atoms with Gasteiger partial charge in [0, 0.05) is 16.7 Å². The van der Waals surface area contributed by atoms with Crippen LogP contribution in [0.5, 0.6) is 0 Å². The third-order valence-electron chi connectivity index (χ3n) is 1.86. The summed E-state index contributed by atoms with van der Waals surface area (Å²) in [5.74, 6) is -2.81. The number of rotatable bonds is 6. The highest BCUT2D eigenvalue weighted by Gasteiger charge is 2.20. The average Bonchev–Trinajstić information content (AvgIpc) is 2.55. The van der Waals surface area contributed by atoms with Crippen molar-refractivity contribution in [2.45, 2.75) is 27.7 Å². The van der Waals surface area contributed by atoms with Crippen molar-refractivity contribution in [2.24, 2.45) is 5.41 Å². The molecule has 0 rings (SSSR count). The molecule has 0 amide bonds. The van der Waals surface area contributed by atoms with E-state index in [2.05, 4.69) is 19.7 Å². The third-order valence-corrected chi connectivity index (χ3v) is 1.86. The number of hydrogen-bond acceptors (Lipinski definition) is 6. The van der Waals surface area contributed by atoms with Crippen molar-refractivity contribution in [3.05, 3.63) is 36.5 Å². The summed E-state index contributed by atoms with van der Waals surface area (Å²) in [6.07, 6.45) is 0.938. The Hall–Kier alpha value is -3.36. The molecule has 0 heterocycles. The zero-order chi connectivity index (χ0) is 22.1. The molecule has 0 aliphatic rings. The van der Waals surface area contributed by atoms with Gasteiger partial charge in [-0.1, -0.05) is 19.7 Å². The molecule has 0 fully saturated rings. The SMILES string of the molecule is C=C(C)C(=O)O.C=C(C)C(=O)O.C=C(C)C(=O)O.CC(C=O)(C=O)C=O. The molecule has 0 aromatic rings. The second-order valence-electron chi connectivity index (χ2n) is 4.98. The van der Waals surface area contributed by atoms with E-state index in [0.29, 0.717) is 18.9 Å². The molecule has 0 unspecified atom stereocenters. The van der Waals surface area contributed by atoms with Gasteiger partial charge in [0.25, 0.3) is 0 Å². The zero-order valence-electron chi connectivity index (χ0n) is 15.1. The topological polar surface area (TPSA) is 163 Å². The molecule has 146 valence electrons. The van der Waals surface area contributed by atoms with Crippen LogP contribution in [-0.2, 0) is 28.8 Å². The summed E-state index contributed by atoms with van der Waals surface area (Å²) in [4.78, 5) is 58.3. The summed E-state index contributed by atoms with van der Waals surface area (Å²) >= 11 is 0. The van der Waals surface area contributed by atoms with Crippen molar-refractivity contribution in [2.75, 3.05) is 0 Å². The minimum Gasteiger partial charge on any atom is -0.478 e. The normalized spacial score (nSPS) is 8.31. The van der Waals surface area contributed by atoms with Crippen LogP contribution in [0.4, 0.5) is 0 Å². The second-order valence-corrected chi connectivity index (χ2v) is 4.98. The van der Waals surface area contributed by atoms with E-state index in [9.17, 15) is 28.8 Å². The number of hydrogen-bond donors (Lipinski definition) is 3. The van der Waals surface area contributed by atoms with Crippen LogP contribution in [0.1, 0.15) is 27.7 Å². The van der Waals surface area contributed by atoms with E-state index in [-0.39, 0.29) is 16.7 Å². The van der Waals surface area contributed by atoms with E-state index in [1.54, 1.807) is 0 Å². The van der Waals surface area contributed by atoms with Gasteiger partial charge in [0.1, 0.15) is 24.3 Å². The summed E-state index contributed by atoms with van der Waals surface area (Å²) in [5.41, 5.74) is -0.889. The molecule has 0 saturated carbocycles. The lowest BCUT2D eigenvalue weighted by Gasteiger charge is -2.00. The monoisotopic (exact) mass is 372 g/mol. The van der Waals surface area contributed by atoms with E-state index < -0.39 is 23.3 Å². The molecule has 9 heteroatoms. The number of carboxylic acid groups (broad SMARTS) is 3. The van der Waals surface area contributed by atoms with Gasteiger partial charge in [0.05, 0.1) is 0 Å². The molecule has 0 aliphatic carbocycles. The number of carbonyl (C=O) groups excluding carboxylic acids is 3. The summed E-state index contributed by atoms with van der Waals surface area (Å²) in [6.45, 7) is 15.1. The number of carboxylic acids is 3. The molecule has 0 saturated heterocycles. The molecule has 3 N–H and O–H groups in total. The van der Waals surface area contributed by atoms with Gasteiger partial charge >= 0.3 is 17.9 Å². The van der Waals surface area contributed by atoms with Gasteiger partial charge in [0.15, 0.2) is 0 Å². The summed E-state index contributed by atoms with van der Waals surface area (Å²) in [7, 11) is 0. The van der Waals surface area contributed by atoms with E-state index in [1.165, 1.54) is 27.7 Å². The Balaban J connectivity index is -0.000000125. The molecule has 0 aromatic carbocycles. The van der Waals surface area contributed by atoms with Crippen molar-refractivity contribution in [3.8, 4) is 0 Å². The van der Waals surface area contributed by atoms with Crippen LogP contribution in [-0.4, -0.2) is 52.1 Å². The summed E-state index contributed by atoms with van der Waals surface area (Å²) < 4.78 is 0. The Morgan fingerprint density at radius 2 is 0.769 bits per heavy atom. The lowest BCUT2D eigenvalue weighted by Crippen LogP contribution is -2.21. The lowest BCUT2D eigenvalue weighted by molar-refractivity contribution is -0.133.